The molecule has 0 aromatic carbocycles. The van der Waals surface area contributed by atoms with E-state index in [1.54, 1.807) is 6.20 Å². The predicted molar refractivity (Wildman–Crippen MR) is 83.6 cm³/mol. The van der Waals surface area contributed by atoms with Crippen molar-refractivity contribution in [3.05, 3.63) is 11.7 Å². The lowest BCUT2D eigenvalue weighted by Gasteiger charge is -2.32. The van der Waals surface area contributed by atoms with E-state index in [1.807, 2.05) is 33.9 Å². The van der Waals surface area contributed by atoms with E-state index in [-0.39, 0.29) is 11.2 Å². The van der Waals surface area contributed by atoms with Crippen LogP contribution in [0.5, 0.6) is 0 Å². The molecule has 5 heteroatoms. The van der Waals surface area contributed by atoms with Crippen LogP contribution in [0.3, 0.4) is 0 Å². The molecule has 1 aliphatic carbocycles. The highest BCUT2D eigenvalue weighted by molar-refractivity contribution is 6.60. The van der Waals surface area contributed by atoms with Crippen LogP contribution in [0.4, 0.5) is 0 Å². The first-order valence-corrected chi connectivity index (χ1v) is 7.61. The lowest BCUT2D eigenvalue weighted by Crippen LogP contribution is -2.41. The van der Waals surface area contributed by atoms with E-state index in [9.17, 15) is 0 Å². The maximum atomic E-state index is 6.00. The summed E-state index contributed by atoms with van der Waals surface area (Å²) in [6.07, 6.45) is 7.06. The van der Waals surface area contributed by atoms with Gasteiger partial charge in [-0.05, 0) is 59.1 Å². The number of hydrogen-bond donors (Lipinski definition) is 1. The van der Waals surface area contributed by atoms with Gasteiger partial charge in [0.2, 0.25) is 0 Å². The molecule has 1 heterocycles. The summed E-state index contributed by atoms with van der Waals surface area (Å²) in [6, 6.07) is 0.410. The maximum Gasteiger partial charge on any atom is 0.497 e. The van der Waals surface area contributed by atoms with E-state index in [0.29, 0.717) is 6.04 Å². The molecule has 1 saturated heterocycles. The molecule has 0 bridgehead atoms. The van der Waals surface area contributed by atoms with Gasteiger partial charge in [-0.3, -0.25) is 4.99 Å². The number of nitrogens with zero attached hydrogens (tertiary/aromatic N) is 1. The van der Waals surface area contributed by atoms with E-state index < -0.39 is 7.12 Å². The van der Waals surface area contributed by atoms with Gasteiger partial charge in [0, 0.05) is 11.7 Å². The van der Waals surface area contributed by atoms with Gasteiger partial charge in [-0.2, -0.15) is 0 Å². The van der Waals surface area contributed by atoms with Crippen molar-refractivity contribution in [2.45, 2.75) is 71.1 Å². The Balaban J connectivity index is 2.05. The van der Waals surface area contributed by atoms with Crippen molar-refractivity contribution in [3.63, 3.8) is 0 Å². The molecule has 2 rings (SSSR count). The second-order valence-corrected chi connectivity index (χ2v) is 6.85. The zero-order chi connectivity index (χ0) is 15.0. The number of nitrogens with two attached hydrogens (primary N) is 1. The number of allylic oxidation sites excluding steroid dienone is 1. The molecule has 1 atom stereocenters. The Morgan fingerprint density at radius 1 is 1.30 bits per heavy atom. The Morgan fingerprint density at radius 2 is 1.85 bits per heavy atom. The highest BCUT2D eigenvalue weighted by atomic mass is 16.7. The molecule has 1 saturated carbocycles. The fourth-order valence-electron chi connectivity index (χ4n) is 2.38. The molecule has 0 amide bonds. The Bertz CT molecular complexity index is 398. The first-order valence-electron chi connectivity index (χ1n) is 7.61. The highest BCUT2D eigenvalue weighted by Crippen LogP contribution is 2.38. The molecule has 2 N–H and O–H groups in total. The molecular weight excluding hydrogens is 251 g/mol. The summed E-state index contributed by atoms with van der Waals surface area (Å²) in [5.74, 6) is 0.758. The topological polar surface area (TPSA) is 56.8 Å². The van der Waals surface area contributed by atoms with E-state index in [0.717, 1.165) is 17.8 Å². The van der Waals surface area contributed by atoms with Crippen LogP contribution in [0.2, 0.25) is 0 Å². The van der Waals surface area contributed by atoms with Crippen LogP contribution in [-0.4, -0.2) is 30.6 Å². The van der Waals surface area contributed by atoms with E-state index >= 15 is 0 Å². The molecule has 0 spiro atoms. The summed E-state index contributed by atoms with van der Waals surface area (Å²) in [4.78, 5) is 4.68. The minimum Gasteiger partial charge on any atom is -0.405 e. The quantitative estimate of drug-likeness (QED) is 0.621. The van der Waals surface area contributed by atoms with Crippen LogP contribution in [0.25, 0.3) is 0 Å². The average Bonchev–Trinajstić information content (AvgIpc) is 3.14. The van der Waals surface area contributed by atoms with Crippen LogP contribution in [0.1, 0.15) is 53.9 Å². The normalized spacial score (nSPS) is 27.2. The van der Waals surface area contributed by atoms with Crippen molar-refractivity contribution in [2.75, 3.05) is 0 Å². The SMILES string of the molecule is CCC(N=CC(=CN)B1OC(C)(C)C(C)(C)O1)C1CC1. The van der Waals surface area contributed by atoms with E-state index in [1.165, 1.54) is 12.8 Å². The van der Waals surface area contributed by atoms with Crippen LogP contribution in [-0.2, 0) is 9.31 Å². The molecule has 1 aliphatic heterocycles. The fourth-order valence-corrected chi connectivity index (χ4v) is 2.38. The summed E-state index contributed by atoms with van der Waals surface area (Å²) in [5, 5.41) is 0. The lowest BCUT2D eigenvalue weighted by atomic mass is 9.79. The van der Waals surface area contributed by atoms with Crippen molar-refractivity contribution >= 4 is 13.3 Å². The van der Waals surface area contributed by atoms with Crippen molar-refractivity contribution in [1.29, 1.82) is 0 Å². The van der Waals surface area contributed by atoms with Crippen LogP contribution >= 0.6 is 0 Å². The molecule has 2 aliphatic rings. The number of rotatable bonds is 5. The van der Waals surface area contributed by atoms with Gasteiger partial charge in [0.05, 0.1) is 17.2 Å². The largest absolute Gasteiger partial charge is 0.497 e. The second-order valence-electron chi connectivity index (χ2n) is 6.85. The van der Waals surface area contributed by atoms with Crippen molar-refractivity contribution in [3.8, 4) is 0 Å². The van der Waals surface area contributed by atoms with Crippen molar-refractivity contribution in [2.24, 2.45) is 16.6 Å². The van der Waals surface area contributed by atoms with Gasteiger partial charge in [0.15, 0.2) is 0 Å². The molecular formula is C15H27BN2O2. The van der Waals surface area contributed by atoms with Gasteiger partial charge < -0.3 is 15.0 Å². The molecule has 1 unspecified atom stereocenters. The molecule has 4 nitrogen and oxygen atoms in total. The van der Waals surface area contributed by atoms with E-state index in [2.05, 4.69) is 11.9 Å². The highest BCUT2D eigenvalue weighted by Gasteiger charge is 2.52. The predicted octanol–water partition coefficient (Wildman–Crippen LogP) is 2.72. The number of hydrogen-bond acceptors (Lipinski definition) is 4. The minimum absolute atomic E-state index is 0.347. The van der Waals surface area contributed by atoms with Crippen LogP contribution < -0.4 is 5.73 Å². The third-order valence-electron chi connectivity index (χ3n) is 4.72. The Kier molecular flexibility index (Phi) is 4.31. The van der Waals surface area contributed by atoms with Gasteiger partial charge >= 0.3 is 7.12 Å². The van der Waals surface area contributed by atoms with Gasteiger partial charge in [-0.15, -0.1) is 0 Å². The summed E-state index contributed by atoms with van der Waals surface area (Å²) in [7, 11) is -0.426. The fraction of sp³-hybridized carbons (Fsp3) is 0.800. The van der Waals surface area contributed by atoms with Crippen LogP contribution in [0.15, 0.2) is 16.7 Å². The number of aliphatic imine (C=N–C) groups is 1. The molecule has 0 radical (unpaired) electrons. The summed E-state index contributed by atoms with van der Waals surface area (Å²) < 4.78 is 12.0. The molecule has 0 aromatic rings. The second kappa shape index (κ2) is 5.53. The van der Waals surface area contributed by atoms with Crippen LogP contribution in [0, 0.1) is 5.92 Å². The summed E-state index contributed by atoms with van der Waals surface area (Å²) >= 11 is 0. The van der Waals surface area contributed by atoms with Crippen molar-refractivity contribution in [1.82, 2.24) is 0 Å². The van der Waals surface area contributed by atoms with Crippen molar-refractivity contribution < 1.29 is 9.31 Å². The maximum absolute atomic E-state index is 6.00. The molecule has 2 fully saturated rings. The van der Waals surface area contributed by atoms with Gasteiger partial charge in [-0.1, -0.05) is 6.92 Å². The van der Waals surface area contributed by atoms with Gasteiger partial charge in [0.25, 0.3) is 0 Å². The summed E-state index contributed by atoms with van der Waals surface area (Å²) in [6.45, 7) is 10.3. The Hall–Kier alpha value is -0.805. The standard InChI is InChI=1S/C15H27BN2O2/c1-6-13(11-7-8-11)18-10-12(9-17)16-19-14(2,3)15(4,5)20-16/h9-11,13H,6-8,17H2,1-5H3. The summed E-state index contributed by atoms with van der Waals surface area (Å²) in [5.41, 5.74) is 5.85. The third-order valence-corrected chi connectivity index (χ3v) is 4.72. The minimum atomic E-state index is -0.426. The molecule has 0 aromatic heterocycles. The monoisotopic (exact) mass is 278 g/mol. The van der Waals surface area contributed by atoms with E-state index in [4.69, 9.17) is 15.0 Å². The van der Waals surface area contributed by atoms with Gasteiger partial charge in [0.1, 0.15) is 0 Å². The van der Waals surface area contributed by atoms with Gasteiger partial charge in [-0.25, -0.2) is 0 Å². The first kappa shape index (κ1) is 15.6. The average molecular weight is 278 g/mol. The smallest absolute Gasteiger partial charge is 0.405 e. The first-order chi connectivity index (χ1) is 9.30. The Labute approximate surface area is 123 Å². The zero-order valence-electron chi connectivity index (χ0n) is 13.3. The molecule has 112 valence electrons. The zero-order valence-corrected chi connectivity index (χ0v) is 13.3. The third kappa shape index (κ3) is 3.09. The molecule has 20 heavy (non-hydrogen) atoms. The Morgan fingerprint density at radius 3 is 2.25 bits per heavy atom. The lowest BCUT2D eigenvalue weighted by molar-refractivity contribution is 0.00578.